The van der Waals surface area contributed by atoms with Crippen LogP contribution in [0.5, 0.6) is 0 Å². The molecule has 0 saturated heterocycles. The van der Waals surface area contributed by atoms with Crippen molar-refractivity contribution in [2.45, 2.75) is 13.8 Å². The number of aromatic nitrogens is 3. The highest BCUT2D eigenvalue weighted by Crippen LogP contribution is 2.19. The van der Waals surface area contributed by atoms with Gasteiger partial charge in [-0.3, -0.25) is 4.79 Å². The summed E-state index contributed by atoms with van der Waals surface area (Å²) in [6, 6.07) is 13.6. The number of allylic oxidation sites excluding steroid dienone is 1. The van der Waals surface area contributed by atoms with Gasteiger partial charge in [-0.15, -0.1) is 0 Å². The van der Waals surface area contributed by atoms with Crippen LogP contribution in [0.1, 0.15) is 12.6 Å². The van der Waals surface area contributed by atoms with Crippen molar-refractivity contribution in [1.29, 1.82) is 0 Å². The standard InChI is InChI=1S/C17H16N4O/c1-3-6-17(22)19-16-11-12(2)20-21(16)15-10-9-13-7-4-5-8-14(13)18-15/h3-11H,1-2H3,(H,19,22)/b6-3+. The average Bonchev–Trinajstić information content (AvgIpc) is 2.87. The third kappa shape index (κ3) is 2.74. The molecule has 2 aromatic heterocycles. The lowest BCUT2D eigenvalue weighted by Gasteiger charge is -2.07. The van der Waals surface area contributed by atoms with Gasteiger partial charge in [-0.05, 0) is 38.1 Å². The Hall–Kier alpha value is -2.95. The fourth-order valence-electron chi connectivity index (χ4n) is 2.26. The first-order chi connectivity index (χ1) is 10.7. The quantitative estimate of drug-likeness (QED) is 0.754. The molecule has 0 atom stereocenters. The SMILES string of the molecule is C/C=C/C(=O)Nc1cc(C)nn1-c1ccc2ccccc2n1. The van der Waals surface area contributed by atoms with Crippen LogP contribution in [0.4, 0.5) is 5.82 Å². The number of carbonyl (C=O) groups excluding carboxylic acids is 1. The van der Waals surface area contributed by atoms with E-state index in [1.807, 2.05) is 49.4 Å². The number of carbonyl (C=O) groups is 1. The second-order valence-electron chi connectivity index (χ2n) is 4.93. The van der Waals surface area contributed by atoms with E-state index >= 15 is 0 Å². The van der Waals surface area contributed by atoms with Gasteiger partial charge in [0.2, 0.25) is 5.91 Å². The van der Waals surface area contributed by atoms with E-state index < -0.39 is 0 Å². The minimum Gasteiger partial charge on any atom is -0.307 e. The number of benzene rings is 1. The maximum Gasteiger partial charge on any atom is 0.249 e. The van der Waals surface area contributed by atoms with Gasteiger partial charge in [0, 0.05) is 11.5 Å². The molecule has 0 unspecified atom stereocenters. The predicted octanol–water partition coefficient (Wildman–Crippen LogP) is 3.24. The van der Waals surface area contributed by atoms with Crippen molar-refractivity contribution in [2.24, 2.45) is 0 Å². The molecule has 0 fully saturated rings. The van der Waals surface area contributed by atoms with Gasteiger partial charge in [-0.2, -0.15) is 9.78 Å². The molecule has 0 radical (unpaired) electrons. The van der Waals surface area contributed by atoms with Crippen LogP contribution in [0.2, 0.25) is 0 Å². The Bertz CT molecular complexity index is 864. The molecule has 110 valence electrons. The largest absolute Gasteiger partial charge is 0.307 e. The molecule has 0 saturated carbocycles. The lowest BCUT2D eigenvalue weighted by atomic mass is 10.2. The molecule has 0 aliphatic rings. The van der Waals surface area contributed by atoms with Gasteiger partial charge in [-0.25, -0.2) is 4.98 Å². The Morgan fingerprint density at radius 1 is 1.23 bits per heavy atom. The summed E-state index contributed by atoms with van der Waals surface area (Å²) in [7, 11) is 0. The van der Waals surface area contributed by atoms with Crippen LogP contribution in [0.3, 0.4) is 0 Å². The van der Waals surface area contributed by atoms with Crippen molar-refractivity contribution in [2.75, 3.05) is 5.32 Å². The normalized spacial score (nSPS) is 11.2. The molecule has 22 heavy (non-hydrogen) atoms. The van der Waals surface area contributed by atoms with Crippen molar-refractivity contribution >= 4 is 22.6 Å². The minimum atomic E-state index is -0.190. The van der Waals surface area contributed by atoms with E-state index in [1.165, 1.54) is 6.08 Å². The zero-order chi connectivity index (χ0) is 15.5. The van der Waals surface area contributed by atoms with E-state index in [4.69, 9.17) is 0 Å². The lowest BCUT2D eigenvalue weighted by molar-refractivity contribution is -0.111. The summed E-state index contributed by atoms with van der Waals surface area (Å²) in [5, 5.41) is 8.29. The van der Waals surface area contributed by atoms with Crippen LogP contribution < -0.4 is 5.32 Å². The number of amides is 1. The predicted molar refractivity (Wildman–Crippen MR) is 87.0 cm³/mol. The van der Waals surface area contributed by atoms with Crippen LogP contribution in [0.15, 0.2) is 54.6 Å². The van der Waals surface area contributed by atoms with Gasteiger partial charge in [0.25, 0.3) is 0 Å². The number of rotatable bonds is 3. The fourth-order valence-corrected chi connectivity index (χ4v) is 2.26. The number of hydrogen-bond acceptors (Lipinski definition) is 3. The van der Waals surface area contributed by atoms with E-state index in [0.717, 1.165) is 16.6 Å². The number of hydrogen-bond donors (Lipinski definition) is 1. The molecule has 0 aliphatic carbocycles. The molecule has 0 aliphatic heterocycles. The summed E-state index contributed by atoms with van der Waals surface area (Å²) >= 11 is 0. The number of aryl methyl sites for hydroxylation is 1. The number of nitrogens with zero attached hydrogens (tertiary/aromatic N) is 3. The van der Waals surface area contributed by atoms with Gasteiger partial charge in [-0.1, -0.05) is 24.3 Å². The molecule has 1 aromatic carbocycles. The Labute approximate surface area is 128 Å². The monoisotopic (exact) mass is 292 g/mol. The van der Waals surface area contributed by atoms with E-state index in [9.17, 15) is 4.79 Å². The number of nitrogens with one attached hydrogen (secondary N) is 1. The lowest BCUT2D eigenvalue weighted by Crippen LogP contribution is -2.12. The fraction of sp³-hybridized carbons (Fsp3) is 0.118. The maximum absolute atomic E-state index is 11.8. The Morgan fingerprint density at radius 2 is 2.05 bits per heavy atom. The summed E-state index contributed by atoms with van der Waals surface area (Å²) in [5.41, 5.74) is 1.70. The minimum absolute atomic E-state index is 0.190. The second kappa shape index (κ2) is 5.81. The molecule has 0 bridgehead atoms. The summed E-state index contributed by atoms with van der Waals surface area (Å²) in [6.45, 7) is 3.68. The highest BCUT2D eigenvalue weighted by Gasteiger charge is 2.11. The van der Waals surface area contributed by atoms with Crippen molar-refractivity contribution < 1.29 is 4.79 Å². The summed E-state index contributed by atoms with van der Waals surface area (Å²) in [6.07, 6.45) is 3.16. The molecule has 3 aromatic rings. The third-order valence-corrected chi connectivity index (χ3v) is 3.20. The first kappa shape index (κ1) is 14.0. The Balaban J connectivity index is 2.04. The topological polar surface area (TPSA) is 59.8 Å². The number of para-hydroxylation sites is 1. The molecule has 1 N–H and O–H groups in total. The maximum atomic E-state index is 11.8. The van der Waals surface area contributed by atoms with Crippen LogP contribution >= 0.6 is 0 Å². The van der Waals surface area contributed by atoms with Crippen LogP contribution in [-0.2, 0) is 4.79 Å². The highest BCUT2D eigenvalue weighted by molar-refractivity contribution is 5.98. The molecular formula is C17H16N4O. The number of pyridine rings is 1. The van der Waals surface area contributed by atoms with E-state index in [-0.39, 0.29) is 5.91 Å². The zero-order valence-electron chi connectivity index (χ0n) is 12.4. The van der Waals surface area contributed by atoms with Crippen LogP contribution in [0.25, 0.3) is 16.7 Å². The number of fused-ring (bicyclic) bond motifs is 1. The van der Waals surface area contributed by atoms with E-state index in [2.05, 4.69) is 15.4 Å². The van der Waals surface area contributed by atoms with Crippen LogP contribution in [-0.4, -0.2) is 20.7 Å². The summed E-state index contributed by atoms with van der Waals surface area (Å²) in [4.78, 5) is 16.4. The molecule has 3 rings (SSSR count). The summed E-state index contributed by atoms with van der Waals surface area (Å²) < 4.78 is 1.64. The van der Waals surface area contributed by atoms with Gasteiger partial charge in [0.15, 0.2) is 5.82 Å². The van der Waals surface area contributed by atoms with Gasteiger partial charge >= 0.3 is 0 Å². The first-order valence-electron chi connectivity index (χ1n) is 7.04. The Kier molecular flexibility index (Phi) is 3.70. The smallest absolute Gasteiger partial charge is 0.249 e. The molecule has 5 nitrogen and oxygen atoms in total. The van der Waals surface area contributed by atoms with Gasteiger partial charge < -0.3 is 5.32 Å². The molecule has 2 heterocycles. The average molecular weight is 292 g/mol. The van der Waals surface area contributed by atoms with E-state index in [0.29, 0.717) is 11.6 Å². The summed E-state index contributed by atoms with van der Waals surface area (Å²) in [5.74, 6) is 1.08. The molecular weight excluding hydrogens is 276 g/mol. The first-order valence-corrected chi connectivity index (χ1v) is 7.04. The Morgan fingerprint density at radius 3 is 2.86 bits per heavy atom. The third-order valence-electron chi connectivity index (χ3n) is 3.20. The van der Waals surface area contributed by atoms with Crippen molar-refractivity contribution in [3.05, 3.63) is 60.3 Å². The second-order valence-corrected chi connectivity index (χ2v) is 4.93. The van der Waals surface area contributed by atoms with Crippen LogP contribution in [0, 0.1) is 6.92 Å². The zero-order valence-corrected chi connectivity index (χ0v) is 12.4. The molecule has 1 amide bonds. The molecule has 0 spiro atoms. The van der Waals surface area contributed by atoms with Gasteiger partial charge in [0.1, 0.15) is 5.82 Å². The van der Waals surface area contributed by atoms with Crippen molar-refractivity contribution in [3.63, 3.8) is 0 Å². The van der Waals surface area contributed by atoms with Crippen molar-refractivity contribution in [1.82, 2.24) is 14.8 Å². The van der Waals surface area contributed by atoms with E-state index in [1.54, 1.807) is 17.7 Å². The van der Waals surface area contributed by atoms with Crippen molar-refractivity contribution in [3.8, 4) is 5.82 Å². The van der Waals surface area contributed by atoms with Gasteiger partial charge in [0.05, 0.1) is 11.2 Å². The molecule has 5 heteroatoms. The highest BCUT2D eigenvalue weighted by atomic mass is 16.1. The number of anilines is 1.